The summed E-state index contributed by atoms with van der Waals surface area (Å²) < 4.78 is 0. The predicted molar refractivity (Wildman–Crippen MR) is 84.3 cm³/mol. The molecule has 0 aliphatic heterocycles. The molecular weight excluding hydrogens is 270 g/mol. The van der Waals surface area contributed by atoms with Gasteiger partial charge in [0.1, 0.15) is 0 Å². The van der Waals surface area contributed by atoms with E-state index in [0.29, 0.717) is 17.1 Å². The molecule has 4 heteroatoms. The van der Waals surface area contributed by atoms with Crippen LogP contribution in [0.5, 0.6) is 0 Å². The molecule has 0 unspecified atom stereocenters. The molecule has 0 aliphatic carbocycles. The number of anilines is 2. The number of hydrogen-bond donors (Lipinski definition) is 1. The molecule has 2 aromatic carbocycles. The molecule has 3 nitrogen and oxygen atoms in total. The lowest BCUT2D eigenvalue weighted by Gasteiger charge is -2.20. The van der Waals surface area contributed by atoms with Crippen LogP contribution in [0.2, 0.25) is 5.02 Å². The minimum Gasteiger partial charge on any atom is -0.379 e. The van der Waals surface area contributed by atoms with Gasteiger partial charge in [0.05, 0.1) is 28.0 Å². The first-order valence-corrected chi connectivity index (χ1v) is 6.69. The van der Waals surface area contributed by atoms with Crippen molar-refractivity contribution in [2.45, 2.75) is 6.54 Å². The Bertz CT molecular complexity index is 644. The van der Waals surface area contributed by atoms with Crippen LogP contribution in [0, 0.1) is 11.3 Å². The van der Waals surface area contributed by atoms with Crippen molar-refractivity contribution >= 4 is 23.0 Å². The van der Waals surface area contributed by atoms with Gasteiger partial charge in [-0.2, -0.15) is 5.26 Å². The van der Waals surface area contributed by atoms with Crippen LogP contribution in [0.4, 0.5) is 11.4 Å². The van der Waals surface area contributed by atoms with Gasteiger partial charge in [-0.05, 0) is 23.8 Å². The standard InChI is InChI=1S/C16H16ClN3/c1-20(2)16-14(17)8-5-9-15(16)19-11-13-7-4-3-6-12(13)10-18/h3-9,19H,11H2,1-2H3. The van der Waals surface area contributed by atoms with Crippen molar-refractivity contribution in [1.29, 1.82) is 5.26 Å². The lowest BCUT2D eigenvalue weighted by atomic mass is 10.1. The van der Waals surface area contributed by atoms with Crippen LogP contribution >= 0.6 is 11.6 Å². The Morgan fingerprint density at radius 3 is 2.60 bits per heavy atom. The summed E-state index contributed by atoms with van der Waals surface area (Å²) in [6, 6.07) is 15.5. The van der Waals surface area contributed by atoms with E-state index in [0.717, 1.165) is 16.9 Å². The highest BCUT2D eigenvalue weighted by Crippen LogP contribution is 2.32. The average Bonchev–Trinajstić information content (AvgIpc) is 2.45. The number of nitriles is 1. The lowest BCUT2D eigenvalue weighted by molar-refractivity contribution is 1.10. The van der Waals surface area contributed by atoms with Crippen molar-refractivity contribution in [2.24, 2.45) is 0 Å². The molecule has 0 heterocycles. The van der Waals surface area contributed by atoms with Crippen molar-refractivity contribution in [3.05, 3.63) is 58.6 Å². The number of benzene rings is 2. The van der Waals surface area contributed by atoms with Crippen molar-refractivity contribution in [2.75, 3.05) is 24.3 Å². The van der Waals surface area contributed by atoms with Crippen LogP contribution in [0.3, 0.4) is 0 Å². The molecule has 0 fully saturated rings. The number of nitrogens with one attached hydrogen (secondary N) is 1. The smallest absolute Gasteiger partial charge is 0.0995 e. The summed E-state index contributed by atoms with van der Waals surface area (Å²) >= 11 is 6.23. The van der Waals surface area contributed by atoms with Gasteiger partial charge in [-0.1, -0.05) is 35.9 Å². The maximum absolute atomic E-state index is 9.10. The van der Waals surface area contributed by atoms with Crippen LogP contribution in [-0.4, -0.2) is 14.1 Å². The third-order valence-electron chi connectivity index (χ3n) is 3.04. The molecule has 0 saturated carbocycles. The number of hydrogen-bond acceptors (Lipinski definition) is 3. The van der Waals surface area contributed by atoms with E-state index in [1.165, 1.54) is 0 Å². The number of para-hydroxylation sites is 1. The van der Waals surface area contributed by atoms with E-state index in [9.17, 15) is 0 Å². The molecule has 0 atom stereocenters. The molecule has 2 aromatic rings. The third-order valence-corrected chi connectivity index (χ3v) is 3.35. The first-order valence-electron chi connectivity index (χ1n) is 6.31. The SMILES string of the molecule is CN(C)c1c(Cl)cccc1NCc1ccccc1C#N. The molecular formula is C16H16ClN3. The van der Waals surface area contributed by atoms with Crippen LogP contribution in [-0.2, 0) is 6.54 Å². The van der Waals surface area contributed by atoms with Crippen LogP contribution < -0.4 is 10.2 Å². The molecule has 0 aliphatic rings. The molecule has 0 saturated heterocycles. The van der Waals surface area contributed by atoms with Gasteiger partial charge in [0, 0.05) is 20.6 Å². The maximum Gasteiger partial charge on any atom is 0.0995 e. The molecule has 0 aromatic heterocycles. The Kier molecular flexibility index (Phi) is 4.49. The summed E-state index contributed by atoms with van der Waals surface area (Å²) in [4.78, 5) is 1.97. The summed E-state index contributed by atoms with van der Waals surface area (Å²) in [5.74, 6) is 0. The molecule has 0 radical (unpaired) electrons. The van der Waals surface area contributed by atoms with E-state index in [1.54, 1.807) is 0 Å². The topological polar surface area (TPSA) is 39.1 Å². The zero-order valence-electron chi connectivity index (χ0n) is 11.5. The van der Waals surface area contributed by atoms with Crippen LogP contribution in [0.1, 0.15) is 11.1 Å². The van der Waals surface area contributed by atoms with Crippen molar-refractivity contribution < 1.29 is 0 Å². The third kappa shape index (κ3) is 3.04. The predicted octanol–water partition coefficient (Wildman–Crippen LogP) is 3.89. The van der Waals surface area contributed by atoms with Gasteiger partial charge in [0.25, 0.3) is 0 Å². The molecule has 0 amide bonds. The first kappa shape index (κ1) is 14.2. The normalized spacial score (nSPS) is 9.90. The minimum atomic E-state index is 0.588. The second-order valence-electron chi connectivity index (χ2n) is 4.65. The molecule has 0 bridgehead atoms. The monoisotopic (exact) mass is 285 g/mol. The van der Waals surface area contributed by atoms with Gasteiger partial charge >= 0.3 is 0 Å². The maximum atomic E-state index is 9.10. The summed E-state index contributed by atoms with van der Waals surface area (Å²) in [7, 11) is 3.91. The summed E-state index contributed by atoms with van der Waals surface area (Å²) in [6.45, 7) is 0.588. The fourth-order valence-corrected chi connectivity index (χ4v) is 2.43. The lowest BCUT2D eigenvalue weighted by Crippen LogP contribution is -2.13. The zero-order chi connectivity index (χ0) is 14.5. The fraction of sp³-hybridized carbons (Fsp3) is 0.188. The first-order chi connectivity index (χ1) is 9.63. The molecule has 20 heavy (non-hydrogen) atoms. The highest BCUT2D eigenvalue weighted by molar-refractivity contribution is 6.34. The minimum absolute atomic E-state index is 0.588. The molecule has 1 N–H and O–H groups in total. The van der Waals surface area contributed by atoms with Gasteiger partial charge in [0.2, 0.25) is 0 Å². The summed E-state index contributed by atoms with van der Waals surface area (Å²) in [5, 5.41) is 13.1. The number of halogens is 1. The molecule has 2 rings (SSSR count). The van der Waals surface area contributed by atoms with Gasteiger partial charge in [-0.15, -0.1) is 0 Å². The summed E-state index contributed by atoms with van der Waals surface area (Å²) in [6.07, 6.45) is 0. The van der Waals surface area contributed by atoms with Crippen molar-refractivity contribution in [3.8, 4) is 6.07 Å². The van der Waals surface area contributed by atoms with Gasteiger partial charge < -0.3 is 10.2 Å². The Hall–Kier alpha value is -2.18. The highest BCUT2D eigenvalue weighted by Gasteiger charge is 2.09. The van der Waals surface area contributed by atoms with E-state index in [4.69, 9.17) is 16.9 Å². The van der Waals surface area contributed by atoms with Crippen LogP contribution in [0.15, 0.2) is 42.5 Å². The van der Waals surface area contributed by atoms with Gasteiger partial charge in [0.15, 0.2) is 0 Å². The summed E-state index contributed by atoms with van der Waals surface area (Å²) in [5.41, 5.74) is 3.56. The van der Waals surface area contributed by atoms with E-state index in [-0.39, 0.29) is 0 Å². The van der Waals surface area contributed by atoms with Crippen LogP contribution in [0.25, 0.3) is 0 Å². The van der Waals surface area contributed by atoms with Crippen molar-refractivity contribution in [3.63, 3.8) is 0 Å². The second-order valence-corrected chi connectivity index (χ2v) is 5.06. The molecule has 0 spiro atoms. The fourth-order valence-electron chi connectivity index (χ4n) is 2.09. The average molecular weight is 286 g/mol. The molecule has 102 valence electrons. The van der Waals surface area contributed by atoms with Crippen molar-refractivity contribution in [1.82, 2.24) is 0 Å². The Labute approximate surface area is 124 Å². The van der Waals surface area contributed by atoms with Gasteiger partial charge in [-0.3, -0.25) is 0 Å². The Balaban J connectivity index is 2.24. The van der Waals surface area contributed by atoms with E-state index in [2.05, 4.69) is 11.4 Å². The number of nitrogens with zero attached hydrogens (tertiary/aromatic N) is 2. The second kappa shape index (κ2) is 6.31. The highest BCUT2D eigenvalue weighted by atomic mass is 35.5. The van der Waals surface area contributed by atoms with Gasteiger partial charge in [-0.25, -0.2) is 0 Å². The van der Waals surface area contributed by atoms with E-state index in [1.807, 2.05) is 61.5 Å². The Morgan fingerprint density at radius 2 is 1.90 bits per heavy atom. The van der Waals surface area contributed by atoms with E-state index >= 15 is 0 Å². The quantitative estimate of drug-likeness (QED) is 0.926. The Morgan fingerprint density at radius 1 is 1.15 bits per heavy atom. The van der Waals surface area contributed by atoms with E-state index < -0.39 is 0 Å². The largest absolute Gasteiger partial charge is 0.379 e. The number of rotatable bonds is 4. The zero-order valence-corrected chi connectivity index (χ0v) is 12.3.